The molecule has 0 saturated carbocycles. The number of hydrogen-bond donors (Lipinski definition) is 1. The van der Waals surface area contributed by atoms with E-state index >= 15 is 0 Å². The molecule has 5 nitrogen and oxygen atoms in total. The van der Waals surface area contributed by atoms with E-state index in [4.69, 9.17) is 16.7 Å². The van der Waals surface area contributed by atoms with E-state index < -0.39 is 33.1 Å². The van der Waals surface area contributed by atoms with Crippen molar-refractivity contribution >= 4 is 27.4 Å². The van der Waals surface area contributed by atoms with Crippen LogP contribution in [-0.2, 0) is 29.0 Å². The van der Waals surface area contributed by atoms with Crippen LogP contribution in [0.15, 0.2) is 53.6 Å². The van der Waals surface area contributed by atoms with Crippen LogP contribution in [0.4, 0.5) is 13.2 Å². The van der Waals surface area contributed by atoms with Gasteiger partial charge in [-0.1, -0.05) is 17.7 Å². The normalized spacial score (nSPS) is 14.3. The van der Waals surface area contributed by atoms with Gasteiger partial charge in [-0.15, -0.1) is 0 Å². The van der Waals surface area contributed by atoms with Gasteiger partial charge in [-0.2, -0.15) is 13.2 Å². The van der Waals surface area contributed by atoms with Gasteiger partial charge in [0.1, 0.15) is 0 Å². The Morgan fingerprint density at radius 1 is 1.03 bits per heavy atom. The quantitative estimate of drug-likeness (QED) is 0.536. The Hall–Kier alpha value is -2.62. The highest BCUT2D eigenvalue weighted by Crippen LogP contribution is 2.38. The summed E-state index contributed by atoms with van der Waals surface area (Å²) in [5, 5.41) is 4.88. The van der Waals surface area contributed by atoms with Crippen molar-refractivity contribution < 1.29 is 26.4 Å². The van der Waals surface area contributed by atoms with E-state index in [1.54, 1.807) is 16.7 Å². The predicted molar refractivity (Wildman–Crippen MR) is 114 cm³/mol. The largest absolute Gasteiger partial charge is 0.417 e. The van der Waals surface area contributed by atoms with E-state index in [-0.39, 0.29) is 15.5 Å². The zero-order chi connectivity index (χ0) is 23.3. The second kappa shape index (κ2) is 8.06. The van der Waals surface area contributed by atoms with Crippen molar-refractivity contribution in [2.75, 3.05) is 0 Å². The van der Waals surface area contributed by atoms with Gasteiger partial charge in [0, 0.05) is 23.1 Å². The summed E-state index contributed by atoms with van der Waals surface area (Å²) in [5.41, 5.74) is 0.577. The van der Waals surface area contributed by atoms with Crippen molar-refractivity contribution in [1.29, 1.82) is 0 Å². The topological polar surface area (TPSA) is 82.2 Å². The van der Waals surface area contributed by atoms with E-state index in [1.807, 2.05) is 0 Å². The first-order valence-corrected chi connectivity index (χ1v) is 11.7. The third-order valence-electron chi connectivity index (χ3n) is 5.55. The summed E-state index contributed by atoms with van der Waals surface area (Å²) in [4.78, 5) is 13.3. The van der Waals surface area contributed by atoms with Gasteiger partial charge in [0.15, 0.2) is 5.78 Å². The van der Waals surface area contributed by atoms with Crippen molar-refractivity contribution in [3.63, 3.8) is 0 Å². The van der Waals surface area contributed by atoms with Gasteiger partial charge < -0.3 is 4.57 Å². The van der Waals surface area contributed by atoms with Crippen molar-refractivity contribution in [2.45, 2.75) is 36.8 Å². The molecule has 1 aromatic heterocycles. The number of carbonyl (C=O) groups is 1. The molecule has 3 aromatic rings. The smallest absolute Gasteiger partial charge is 0.320 e. The number of sulfonamides is 1. The fourth-order valence-electron chi connectivity index (χ4n) is 4.08. The Bertz CT molecular complexity index is 1310. The Balaban J connectivity index is 1.86. The number of hydrogen-bond acceptors (Lipinski definition) is 3. The monoisotopic (exact) mass is 482 g/mol. The molecule has 4 rings (SSSR count). The number of benzene rings is 2. The third kappa shape index (κ3) is 4.07. The SMILES string of the molecule is NS(=O)(=O)c1ccc(-n2cc(C(=O)c3c(Cl)cccc3C(F)(F)F)c3c2CCCC3)cc1. The lowest BCUT2D eigenvalue weighted by atomic mass is 9.90. The molecular formula is C22H18ClF3N2O3S. The summed E-state index contributed by atoms with van der Waals surface area (Å²) >= 11 is 6.05. The van der Waals surface area contributed by atoms with Crippen molar-refractivity contribution in [3.8, 4) is 5.69 Å². The summed E-state index contributed by atoms with van der Waals surface area (Å²) < 4.78 is 65.5. The number of nitrogens with two attached hydrogens (primary N) is 1. The highest BCUT2D eigenvalue weighted by molar-refractivity contribution is 7.89. The standard InChI is InChI=1S/C22H18ClF3N2O3S/c23-18-6-3-5-17(22(24,25)26)20(18)21(29)16-12-28(19-7-2-1-4-15(16)19)13-8-10-14(11-9-13)32(27,30)31/h3,5-6,8-12H,1-2,4,7H2,(H2,27,30,31). The lowest BCUT2D eigenvalue weighted by Crippen LogP contribution is -2.15. The van der Waals surface area contributed by atoms with E-state index in [0.29, 0.717) is 24.1 Å². The predicted octanol–water partition coefficient (Wildman–Crippen LogP) is 4.91. The number of fused-ring (bicyclic) bond motifs is 1. The van der Waals surface area contributed by atoms with Crippen LogP contribution in [0, 0.1) is 0 Å². The summed E-state index contributed by atoms with van der Waals surface area (Å²) in [5.74, 6) is -0.791. The number of carbonyl (C=O) groups excluding carboxylic acids is 1. The van der Waals surface area contributed by atoms with Gasteiger partial charge in [0.05, 0.1) is 21.0 Å². The average Bonchev–Trinajstić information content (AvgIpc) is 3.12. The van der Waals surface area contributed by atoms with Gasteiger partial charge >= 0.3 is 6.18 Å². The molecule has 0 saturated heterocycles. The molecule has 10 heteroatoms. The summed E-state index contributed by atoms with van der Waals surface area (Å²) in [6.45, 7) is 0. The van der Waals surface area contributed by atoms with Gasteiger partial charge in [0.25, 0.3) is 0 Å². The maximum absolute atomic E-state index is 13.6. The molecule has 0 spiro atoms. The van der Waals surface area contributed by atoms with Crippen LogP contribution in [0.1, 0.15) is 45.6 Å². The second-order valence-corrected chi connectivity index (χ2v) is 9.54. The maximum Gasteiger partial charge on any atom is 0.417 e. The minimum absolute atomic E-state index is 0.0653. The lowest BCUT2D eigenvalue weighted by molar-refractivity contribution is -0.137. The molecule has 0 amide bonds. The molecule has 1 aliphatic carbocycles. The Labute approximate surface area is 187 Å². The molecule has 2 aromatic carbocycles. The van der Waals surface area contributed by atoms with Crippen molar-refractivity contribution in [2.24, 2.45) is 5.14 Å². The molecule has 0 atom stereocenters. The van der Waals surface area contributed by atoms with Crippen LogP contribution in [0.5, 0.6) is 0 Å². The van der Waals surface area contributed by atoms with E-state index in [9.17, 15) is 26.4 Å². The minimum atomic E-state index is -4.73. The molecular weight excluding hydrogens is 465 g/mol. The van der Waals surface area contributed by atoms with Crippen LogP contribution < -0.4 is 5.14 Å². The number of alkyl halides is 3. The Morgan fingerprint density at radius 3 is 2.31 bits per heavy atom. The fourth-order valence-corrected chi connectivity index (χ4v) is 4.85. The first kappa shape index (κ1) is 22.6. The molecule has 0 aliphatic heterocycles. The molecule has 1 aliphatic rings. The second-order valence-electron chi connectivity index (χ2n) is 7.57. The van der Waals surface area contributed by atoms with Gasteiger partial charge in [-0.05, 0) is 67.6 Å². The van der Waals surface area contributed by atoms with E-state index in [2.05, 4.69) is 0 Å². The highest BCUT2D eigenvalue weighted by atomic mass is 35.5. The van der Waals surface area contributed by atoms with Gasteiger partial charge in [-0.25, -0.2) is 13.6 Å². The van der Waals surface area contributed by atoms with Gasteiger partial charge in [0.2, 0.25) is 10.0 Å². The zero-order valence-electron chi connectivity index (χ0n) is 16.6. The zero-order valence-corrected chi connectivity index (χ0v) is 18.2. The van der Waals surface area contributed by atoms with Gasteiger partial charge in [-0.3, -0.25) is 4.79 Å². The maximum atomic E-state index is 13.6. The first-order chi connectivity index (χ1) is 15.0. The minimum Gasteiger partial charge on any atom is -0.320 e. The number of ketones is 1. The molecule has 0 bridgehead atoms. The molecule has 0 fully saturated rings. The van der Waals surface area contributed by atoms with Crippen LogP contribution in [0.2, 0.25) is 5.02 Å². The Morgan fingerprint density at radius 2 is 1.69 bits per heavy atom. The molecule has 0 unspecified atom stereocenters. The van der Waals surface area contributed by atoms with Crippen LogP contribution >= 0.6 is 11.6 Å². The van der Waals surface area contributed by atoms with Crippen LogP contribution in [-0.4, -0.2) is 18.8 Å². The average molecular weight is 483 g/mol. The summed E-state index contributed by atoms with van der Waals surface area (Å²) in [6.07, 6.45) is -0.384. The number of aromatic nitrogens is 1. The molecule has 2 N–H and O–H groups in total. The molecule has 0 radical (unpaired) electrons. The van der Waals surface area contributed by atoms with Crippen molar-refractivity contribution in [3.05, 3.63) is 81.6 Å². The van der Waals surface area contributed by atoms with Crippen LogP contribution in [0.3, 0.4) is 0 Å². The summed E-state index contributed by atoms with van der Waals surface area (Å²) in [6, 6.07) is 9.04. The van der Waals surface area contributed by atoms with E-state index in [1.165, 1.54) is 24.4 Å². The fraction of sp³-hybridized carbons (Fsp3) is 0.227. The molecule has 1 heterocycles. The molecule has 168 valence electrons. The van der Waals surface area contributed by atoms with Crippen LogP contribution in [0.25, 0.3) is 5.69 Å². The van der Waals surface area contributed by atoms with E-state index in [0.717, 1.165) is 30.7 Å². The first-order valence-electron chi connectivity index (χ1n) is 9.75. The highest BCUT2D eigenvalue weighted by Gasteiger charge is 2.37. The number of primary sulfonamides is 1. The summed E-state index contributed by atoms with van der Waals surface area (Å²) in [7, 11) is -3.87. The van der Waals surface area contributed by atoms with Crippen molar-refractivity contribution in [1.82, 2.24) is 4.57 Å². The number of nitrogens with zero attached hydrogens (tertiary/aromatic N) is 1. The molecule has 32 heavy (non-hydrogen) atoms. The number of rotatable bonds is 4. The lowest BCUT2D eigenvalue weighted by Gasteiger charge is -2.17. The Kier molecular flexibility index (Phi) is 5.68. The third-order valence-corrected chi connectivity index (χ3v) is 6.79. The number of halogens is 4.